The van der Waals surface area contributed by atoms with Gasteiger partial charge in [-0.15, -0.1) is 0 Å². The van der Waals surface area contributed by atoms with E-state index in [2.05, 4.69) is 25.3 Å². The first-order valence-corrected chi connectivity index (χ1v) is 11.5. The molecule has 1 N–H and O–H groups in total. The van der Waals surface area contributed by atoms with Gasteiger partial charge >= 0.3 is 6.18 Å². The van der Waals surface area contributed by atoms with E-state index in [1.807, 2.05) is 6.92 Å². The number of hydrogen-bond acceptors (Lipinski definition) is 8. The maximum absolute atomic E-state index is 13.9. The molecular formula is C25H24F3N7O2. The number of carbonyl (C=O) groups excluding carboxylic acids is 1. The normalized spacial score (nSPS) is 19.8. The summed E-state index contributed by atoms with van der Waals surface area (Å²) in [5.74, 6) is -0.0170. The van der Waals surface area contributed by atoms with Crippen LogP contribution in [0, 0.1) is 18.3 Å². The zero-order chi connectivity index (χ0) is 26.7. The molecule has 0 aromatic carbocycles. The van der Waals surface area contributed by atoms with Gasteiger partial charge in [0.1, 0.15) is 17.6 Å². The molecule has 0 bridgehead atoms. The Balaban J connectivity index is 1.64. The number of halogens is 3. The van der Waals surface area contributed by atoms with Crippen molar-refractivity contribution in [2.45, 2.75) is 45.2 Å². The predicted octanol–water partition coefficient (Wildman–Crippen LogP) is 3.86. The number of pyridine rings is 2. The molecule has 3 aromatic rings. The van der Waals surface area contributed by atoms with E-state index in [1.54, 1.807) is 55.4 Å². The molecule has 0 radical (unpaired) electrons. The molecule has 0 unspecified atom stereocenters. The highest BCUT2D eigenvalue weighted by atomic mass is 19.4. The van der Waals surface area contributed by atoms with Crippen LogP contribution in [0.15, 0.2) is 42.9 Å². The van der Waals surface area contributed by atoms with Gasteiger partial charge in [0.25, 0.3) is 5.91 Å². The Morgan fingerprint density at radius 1 is 1.24 bits per heavy atom. The van der Waals surface area contributed by atoms with E-state index in [0.717, 1.165) is 6.07 Å². The van der Waals surface area contributed by atoms with E-state index in [0.29, 0.717) is 23.3 Å². The Labute approximate surface area is 211 Å². The number of nitriles is 1. The minimum Gasteiger partial charge on any atom is -0.372 e. The lowest BCUT2D eigenvalue weighted by Gasteiger charge is -2.43. The molecule has 1 amide bonds. The molecule has 4 rings (SSSR count). The number of anilines is 1. The summed E-state index contributed by atoms with van der Waals surface area (Å²) in [5, 5.41) is 12.3. The van der Waals surface area contributed by atoms with Crippen molar-refractivity contribution in [3.05, 3.63) is 65.4 Å². The Kier molecular flexibility index (Phi) is 7.35. The van der Waals surface area contributed by atoms with Gasteiger partial charge in [-0.05, 0) is 45.0 Å². The predicted molar refractivity (Wildman–Crippen MR) is 127 cm³/mol. The summed E-state index contributed by atoms with van der Waals surface area (Å²) in [5.41, 5.74) is 0.0264. The highest BCUT2D eigenvalue weighted by Crippen LogP contribution is 2.31. The van der Waals surface area contributed by atoms with Gasteiger partial charge in [-0.3, -0.25) is 4.79 Å². The van der Waals surface area contributed by atoms with Gasteiger partial charge in [0, 0.05) is 37.4 Å². The van der Waals surface area contributed by atoms with Gasteiger partial charge in [-0.1, -0.05) is 0 Å². The molecule has 192 valence electrons. The van der Waals surface area contributed by atoms with Crippen molar-refractivity contribution in [3.8, 4) is 17.5 Å². The quantitative estimate of drug-likeness (QED) is 0.549. The lowest BCUT2D eigenvalue weighted by molar-refractivity contribution is -0.137. The molecule has 3 atom stereocenters. The van der Waals surface area contributed by atoms with Crippen molar-refractivity contribution in [1.29, 1.82) is 5.26 Å². The number of morpholine rings is 1. The molecule has 37 heavy (non-hydrogen) atoms. The molecule has 12 heteroatoms. The fourth-order valence-corrected chi connectivity index (χ4v) is 4.20. The zero-order valence-corrected chi connectivity index (χ0v) is 20.3. The van der Waals surface area contributed by atoms with Crippen LogP contribution in [0.25, 0.3) is 11.4 Å². The molecule has 3 aromatic heterocycles. The van der Waals surface area contributed by atoms with Gasteiger partial charge in [0.15, 0.2) is 5.82 Å². The number of ether oxygens (including phenoxy) is 1. The number of aromatic nitrogens is 4. The summed E-state index contributed by atoms with van der Waals surface area (Å²) in [7, 11) is 0. The summed E-state index contributed by atoms with van der Waals surface area (Å²) in [4.78, 5) is 32.3. The van der Waals surface area contributed by atoms with Crippen LogP contribution in [0.2, 0.25) is 0 Å². The van der Waals surface area contributed by atoms with Crippen LogP contribution in [0.1, 0.15) is 41.2 Å². The van der Waals surface area contributed by atoms with E-state index < -0.39 is 23.9 Å². The van der Waals surface area contributed by atoms with Crippen LogP contribution < -0.4 is 5.32 Å². The van der Waals surface area contributed by atoms with Crippen molar-refractivity contribution in [1.82, 2.24) is 24.8 Å². The first-order valence-electron chi connectivity index (χ1n) is 11.5. The first kappa shape index (κ1) is 26.0. The number of aryl methyl sites for hydroxylation is 1. The van der Waals surface area contributed by atoms with Gasteiger partial charge < -0.3 is 15.0 Å². The molecule has 4 heterocycles. The van der Waals surface area contributed by atoms with Gasteiger partial charge in [0.05, 0.1) is 34.9 Å². The summed E-state index contributed by atoms with van der Waals surface area (Å²) >= 11 is 0. The minimum atomic E-state index is -4.62. The molecule has 9 nitrogen and oxygen atoms in total. The summed E-state index contributed by atoms with van der Waals surface area (Å²) in [6, 6.07) is 7.14. The van der Waals surface area contributed by atoms with Crippen LogP contribution in [0.4, 0.5) is 19.0 Å². The lowest BCUT2D eigenvalue weighted by Crippen LogP contribution is -2.58. The van der Waals surface area contributed by atoms with Crippen LogP contribution in [0.5, 0.6) is 0 Å². The minimum absolute atomic E-state index is 0.0132. The van der Waals surface area contributed by atoms with Crippen LogP contribution in [-0.2, 0) is 10.9 Å². The summed E-state index contributed by atoms with van der Waals surface area (Å²) in [6.45, 7) is 5.76. The molecule has 0 spiro atoms. The molecule has 0 saturated carbocycles. The van der Waals surface area contributed by atoms with E-state index in [1.165, 1.54) is 0 Å². The number of rotatable bonds is 5. The number of nitrogens with one attached hydrogen (secondary N) is 1. The third-order valence-electron chi connectivity index (χ3n) is 5.96. The molecule has 1 fully saturated rings. The largest absolute Gasteiger partial charge is 0.417 e. The van der Waals surface area contributed by atoms with Gasteiger partial charge in [-0.2, -0.15) is 18.4 Å². The van der Waals surface area contributed by atoms with Crippen molar-refractivity contribution >= 4 is 11.7 Å². The van der Waals surface area contributed by atoms with Gasteiger partial charge in [-0.25, -0.2) is 19.9 Å². The topological polar surface area (TPSA) is 117 Å². The zero-order valence-electron chi connectivity index (χ0n) is 20.3. The van der Waals surface area contributed by atoms with E-state index in [-0.39, 0.29) is 42.2 Å². The highest BCUT2D eigenvalue weighted by Gasteiger charge is 2.38. The highest BCUT2D eigenvalue weighted by molar-refractivity contribution is 5.98. The molecule has 1 aliphatic rings. The third kappa shape index (κ3) is 5.67. The fraction of sp³-hybridized carbons (Fsp3) is 0.360. The van der Waals surface area contributed by atoms with Gasteiger partial charge in [0.2, 0.25) is 0 Å². The third-order valence-corrected chi connectivity index (χ3v) is 5.96. The summed E-state index contributed by atoms with van der Waals surface area (Å²) in [6.07, 6.45) is -1.50. The SMILES string of the molecule is Cc1ccc(-c2ncccn2)c(C(=O)N2C[C@@H](C)O[C@@H](C)[C@H]2CNc2ncc(C(F)(F)F)cc2C#N)n1. The molecule has 1 saturated heterocycles. The van der Waals surface area contributed by atoms with E-state index in [4.69, 9.17) is 4.74 Å². The number of nitrogens with zero attached hydrogens (tertiary/aromatic N) is 6. The van der Waals surface area contributed by atoms with Crippen LogP contribution in [0.3, 0.4) is 0 Å². The average molecular weight is 512 g/mol. The monoisotopic (exact) mass is 511 g/mol. The van der Waals surface area contributed by atoms with Crippen LogP contribution >= 0.6 is 0 Å². The van der Waals surface area contributed by atoms with Crippen molar-refractivity contribution < 1.29 is 22.7 Å². The number of carbonyl (C=O) groups is 1. The second kappa shape index (κ2) is 10.5. The van der Waals surface area contributed by atoms with Crippen molar-refractivity contribution in [2.75, 3.05) is 18.4 Å². The van der Waals surface area contributed by atoms with Crippen molar-refractivity contribution in [2.24, 2.45) is 0 Å². The molecule has 1 aliphatic heterocycles. The average Bonchev–Trinajstić information content (AvgIpc) is 2.87. The van der Waals surface area contributed by atoms with E-state index >= 15 is 0 Å². The Morgan fingerprint density at radius 2 is 1.97 bits per heavy atom. The standard InChI is InChI=1S/C25H24F3N7O2/c1-14-5-6-19(23-30-7-4-8-31-23)21(34-14)24(36)35-13-15(2)37-16(3)20(35)12-33-22-17(10-29)9-18(11-32-22)25(26,27)28/h4-9,11,15-16,20H,12-13H2,1-3H3,(H,32,33)/t15-,16+,20-/m1/s1. The van der Waals surface area contributed by atoms with Crippen LogP contribution in [-0.4, -0.2) is 62.1 Å². The first-order chi connectivity index (χ1) is 17.6. The number of hydrogen-bond donors (Lipinski definition) is 1. The molecule has 0 aliphatic carbocycles. The van der Waals surface area contributed by atoms with E-state index in [9.17, 15) is 23.2 Å². The fourth-order valence-electron chi connectivity index (χ4n) is 4.20. The maximum atomic E-state index is 13.9. The Hall–Kier alpha value is -4.11. The lowest BCUT2D eigenvalue weighted by atomic mass is 10.0. The number of amides is 1. The second-order valence-electron chi connectivity index (χ2n) is 8.71. The maximum Gasteiger partial charge on any atom is 0.417 e. The Morgan fingerprint density at radius 3 is 2.65 bits per heavy atom. The van der Waals surface area contributed by atoms with Crippen molar-refractivity contribution in [3.63, 3.8) is 0 Å². The summed E-state index contributed by atoms with van der Waals surface area (Å²) < 4.78 is 45.1. The number of alkyl halides is 3. The smallest absolute Gasteiger partial charge is 0.372 e. The molecular weight excluding hydrogens is 487 g/mol. The Bertz CT molecular complexity index is 1330. The second-order valence-corrected chi connectivity index (χ2v) is 8.71.